The van der Waals surface area contributed by atoms with Crippen LogP contribution >= 0.6 is 12.6 Å². The van der Waals surface area contributed by atoms with Gasteiger partial charge in [-0.05, 0) is 0 Å². The number of nitrogens with one attached hydrogen (secondary N) is 2. The van der Waals surface area contributed by atoms with Crippen LogP contribution in [0.25, 0.3) is 0 Å². The van der Waals surface area contributed by atoms with E-state index in [1.807, 2.05) is 0 Å². The molecule has 2 amide bonds. The first-order chi connectivity index (χ1) is 9.27. The number of carbonyl (C=O) groups is 4. The maximum absolute atomic E-state index is 11.6. The van der Waals surface area contributed by atoms with Gasteiger partial charge in [0.25, 0.3) is 0 Å². The molecule has 10 heteroatoms. The second-order valence-electron chi connectivity index (χ2n) is 3.88. The summed E-state index contributed by atoms with van der Waals surface area (Å²) in [5, 5.41) is 13.0. The van der Waals surface area contributed by atoms with Crippen molar-refractivity contribution in [2.24, 2.45) is 5.73 Å². The van der Waals surface area contributed by atoms with Gasteiger partial charge < -0.3 is 0 Å². The minimum absolute atomic E-state index is 0.00114. The molecule has 0 saturated heterocycles. The van der Waals surface area contributed by atoms with Crippen LogP contribution in [0.5, 0.6) is 0 Å². The summed E-state index contributed by atoms with van der Waals surface area (Å²) in [7, 11) is 0. The SMILES string of the molecule is N[C@@H](CCC(=O)N[C@@H](CS)C(=O)NCC(=O)O)C(=O)[Te]. The molecule has 0 rings (SSSR count). The van der Waals surface area contributed by atoms with Gasteiger partial charge in [0.05, 0.1) is 0 Å². The molecule has 0 unspecified atom stereocenters. The fraction of sp³-hybridized carbons (Fsp3) is 0.600. The van der Waals surface area contributed by atoms with Crippen LogP contribution in [0, 0.1) is 0 Å². The van der Waals surface area contributed by atoms with Gasteiger partial charge in [-0.3, -0.25) is 0 Å². The van der Waals surface area contributed by atoms with E-state index in [4.69, 9.17) is 10.8 Å². The first-order valence-corrected chi connectivity index (χ1v) is 7.43. The van der Waals surface area contributed by atoms with Crippen LogP contribution in [0.1, 0.15) is 12.8 Å². The number of hydrogen-bond acceptors (Lipinski definition) is 6. The molecule has 113 valence electrons. The molecule has 0 spiro atoms. The molecule has 1 radical (unpaired) electrons. The number of carboxylic acid groups (broad SMARTS) is 1. The summed E-state index contributed by atoms with van der Waals surface area (Å²) in [5.74, 6) is -2.24. The van der Waals surface area contributed by atoms with Crippen LogP contribution in [0.3, 0.4) is 0 Å². The Kier molecular flexibility index (Phi) is 9.58. The summed E-state index contributed by atoms with van der Waals surface area (Å²) in [5.41, 5.74) is 5.48. The third-order valence-electron chi connectivity index (χ3n) is 2.23. The molecule has 20 heavy (non-hydrogen) atoms. The predicted molar refractivity (Wildman–Crippen MR) is 74.4 cm³/mol. The van der Waals surface area contributed by atoms with Crippen molar-refractivity contribution >= 4 is 56.5 Å². The fourth-order valence-corrected chi connectivity index (χ4v) is 1.74. The van der Waals surface area contributed by atoms with Gasteiger partial charge in [-0.2, -0.15) is 0 Å². The summed E-state index contributed by atoms with van der Waals surface area (Å²) in [6.07, 6.45) is 0.179. The van der Waals surface area contributed by atoms with Crippen LogP contribution in [0.2, 0.25) is 0 Å². The van der Waals surface area contributed by atoms with Gasteiger partial charge in [-0.15, -0.1) is 0 Å². The van der Waals surface area contributed by atoms with Crippen molar-refractivity contribution in [2.45, 2.75) is 24.9 Å². The predicted octanol–water partition coefficient (Wildman–Crippen LogP) is -2.60. The number of thiol groups is 1. The Hall–Kier alpha value is -0.820. The number of amides is 2. The maximum atomic E-state index is 11.6. The molecule has 5 N–H and O–H groups in total. The van der Waals surface area contributed by atoms with E-state index in [1.165, 1.54) is 22.3 Å². The Balaban J connectivity index is 4.21. The van der Waals surface area contributed by atoms with E-state index in [2.05, 4.69) is 23.3 Å². The zero-order valence-corrected chi connectivity index (χ0v) is 13.7. The second-order valence-corrected chi connectivity index (χ2v) is 5.39. The second kappa shape index (κ2) is 9.99. The molecule has 0 heterocycles. The number of hydrogen-bond donors (Lipinski definition) is 5. The topological polar surface area (TPSA) is 139 Å². The Labute approximate surface area is 134 Å². The van der Waals surface area contributed by atoms with Crippen LogP contribution in [-0.4, -0.2) is 73.4 Å². The van der Waals surface area contributed by atoms with Crippen molar-refractivity contribution in [2.75, 3.05) is 12.3 Å². The van der Waals surface area contributed by atoms with E-state index in [0.29, 0.717) is 0 Å². The van der Waals surface area contributed by atoms with Crippen molar-refractivity contribution < 1.29 is 24.3 Å². The van der Waals surface area contributed by atoms with E-state index >= 15 is 0 Å². The van der Waals surface area contributed by atoms with E-state index in [9.17, 15) is 19.2 Å². The molecular formula is C10H16N3O5STe. The number of aliphatic carboxylic acids is 1. The average Bonchev–Trinajstić information content (AvgIpc) is 2.38. The fourth-order valence-electron chi connectivity index (χ4n) is 1.15. The normalized spacial score (nSPS) is 13.1. The Morgan fingerprint density at radius 2 is 1.90 bits per heavy atom. The zero-order chi connectivity index (χ0) is 15.7. The molecule has 8 nitrogen and oxygen atoms in total. The molecule has 0 bridgehead atoms. The molecule has 0 aromatic heterocycles. The van der Waals surface area contributed by atoms with Crippen molar-refractivity contribution in [1.29, 1.82) is 0 Å². The van der Waals surface area contributed by atoms with Crippen molar-refractivity contribution in [3.63, 3.8) is 0 Å². The quantitative estimate of drug-likeness (QED) is 0.206. The minimum atomic E-state index is -1.18. The zero-order valence-electron chi connectivity index (χ0n) is 10.5. The molecule has 2 atom stereocenters. The van der Waals surface area contributed by atoms with Gasteiger partial charge in [0.1, 0.15) is 0 Å². The van der Waals surface area contributed by atoms with Gasteiger partial charge in [0.15, 0.2) is 0 Å². The van der Waals surface area contributed by atoms with Crippen molar-refractivity contribution in [1.82, 2.24) is 10.6 Å². The van der Waals surface area contributed by atoms with Crippen molar-refractivity contribution in [3.05, 3.63) is 0 Å². The van der Waals surface area contributed by atoms with E-state index in [1.54, 1.807) is 0 Å². The van der Waals surface area contributed by atoms with Gasteiger partial charge in [-0.1, -0.05) is 0 Å². The average molecular weight is 418 g/mol. The van der Waals surface area contributed by atoms with E-state index < -0.39 is 36.4 Å². The van der Waals surface area contributed by atoms with Gasteiger partial charge in [-0.25, -0.2) is 0 Å². The first-order valence-electron chi connectivity index (χ1n) is 5.64. The molecule has 0 aromatic carbocycles. The van der Waals surface area contributed by atoms with Gasteiger partial charge in [0, 0.05) is 0 Å². The Morgan fingerprint density at radius 1 is 1.30 bits per heavy atom. The van der Waals surface area contributed by atoms with Crippen LogP contribution in [-0.2, 0) is 19.2 Å². The molecule has 0 aliphatic rings. The Morgan fingerprint density at radius 3 is 2.35 bits per heavy atom. The number of nitrogens with two attached hydrogens (primary N) is 1. The van der Waals surface area contributed by atoms with E-state index in [0.717, 1.165) is 0 Å². The first kappa shape index (κ1) is 19.2. The van der Waals surface area contributed by atoms with Crippen LogP contribution in [0.4, 0.5) is 0 Å². The van der Waals surface area contributed by atoms with Crippen LogP contribution < -0.4 is 16.4 Å². The van der Waals surface area contributed by atoms with E-state index in [-0.39, 0.29) is 22.4 Å². The molecule has 0 aromatic rings. The summed E-state index contributed by atoms with van der Waals surface area (Å²) >= 11 is 5.17. The Bertz CT molecular complexity index is 393. The molecule has 0 saturated carbocycles. The summed E-state index contributed by atoms with van der Waals surface area (Å²) in [6, 6.07) is -1.64. The summed E-state index contributed by atoms with van der Waals surface area (Å²) in [6.45, 7) is -0.533. The van der Waals surface area contributed by atoms with Gasteiger partial charge in [0.2, 0.25) is 0 Å². The molecule has 0 aliphatic carbocycles. The summed E-state index contributed by atoms with van der Waals surface area (Å²) < 4.78 is -0.210. The van der Waals surface area contributed by atoms with Gasteiger partial charge >= 0.3 is 134 Å². The molecule has 0 fully saturated rings. The number of carboxylic acids is 1. The number of rotatable bonds is 9. The summed E-state index contributed by atoms with van der Waals surface area (Å²) in [4.78, 5) is 44.3. The van der Waals surface area contributed by atoms with Crippen LogP contribution in [0.15, 0.2) is 0 Å². The standard InChI is InChI=1S/C10H16N3O5STe/c11-5(10(18)20)1-2-7(14)13-6(4-19)9(17)12-3-8(15)16/h5-6,19H,1-4,11H2,(H,12,17)(H,13,14)(H,15,16)/t5-,6-/m0/s1. The third kappa shape index (κ3) is 8.37. The molecule has 0 aliphatic heterocycles. The third-order valence-corrected chi connectivity index (χ3v) is 3.46. The van der Waals surface area contributed by atoms with Crippen molar-refractivity contribution in [3.8, 4) is 0 Å². The monoisotopic (exact) mass is 420 g/mol. The number of carbonyl (C=O) groups excluding carboxylic acids is 3. The molecular weight excluding hydrogens is 402 g/mol.